The lowest BCUT2D eigenvalue weighted by Gasteiger charge is -2.23. The van der Waals surface area contributed by atoms with E-state index in [-0.39, 0.29) is 5.91 Å². The lowest BCUT2D eigenvalue weighted by molar-refractivity contribution is -0.132. The second kappa shape index (κ2) is 5.95. The van der Waals surface area contributed by atoms with Gasteiger partial charge in [0.15, 0.2) is 0 Å². The van der Waals surface area contributed by atoms with Crippen LogP contribution in [0.2, 0.25) is 0 Å². The van der Waals surface area contributed by atoms with Crippen molar-refractivity contribution < 1.29 is 4.79 Å². The first-order chi connectivity index (χ1) is 6.72. The molecule has 1 rings (SSSR count). The van der Waals surface area contributed by atoms with Crippen molar-refractivity contribution in [1.82, 2.24) is 15.5 Å². The normalized spacial score (nSPS) is 22.0. The fourth-order valence-electron chi connectivity index (χ4n) is 1.47. The Morgan fingerprint density at radius 3 is 2.14 bits per heavy atom. The van der Waals surface area contributed by atoms with Crippen molar-refractivity contribution in [2.45, 2.75) is 13.0 Å². The van der Waals surface area contributed by atoms with Crippen LogP contribution in [0, 0.1) is 0 Å². The number of carbonyl (C=O) groups is 1. The van der Waals surface area contributed by atoms with Gasteiger partial charge in [-0.05, 0) is 6.92 Å². The second-order valence-corrected chi connectivity index (χ2v) is 3.61. The summed E-state index contributed by atoms with van der Waals surface area (Å²) in [5.74, 6) is 0.0375. The highest BCUT2D eigenvalue weighted by Gasteiger charge is 2.16. The van der Waals surface area contributed by atoms with E-state index in [9.17, 15) is 4.79 Å². The summed E-state index contributed by atoms with van der Waals surface area (Å²) < 4.78 is 0. The Labute approximate surface area is 85.0 Å². The van der Waals surface area contributed by atoms with Crippen LogP contribution in [-0.2, 0) is 4.79 Å². The van der Waals surface area contributed by atoms with Crippen LogP contribution in [0.25, 0.3) is 0 Å². The van der Waals surface area contributed by atoms with Gasteiger partial charge in [-0.1, -0.05) is 0 Å². The molecule has 0 unspecified atom stereocenters. The number of hydrogen-bond acceptors (Lipinski definition) is 4. The molecular weight excluding hydrogens is 180 g/mol. The summed E-state index contributed by atoms with van der Waals surface area (Å²) in [6.07, 6.45) is 0. The van der Waals surface area contributed by atoms with Gasteiger partial charge in [0.2, 0.25) is 5.91 Å². The van der Waals surface area contributed by atoms with Crippen LogP contribution >= 0.6 is 0 Å². The van der Waals surface area contributed by atoms with Gasteiger partial charge < -0.3 is 21.3 Å². The molecule has 1 aliphatic rings. The Bertz CT molecular complexity index is 174. The van der Waals surface area contributed by atoms with Crippen LogP contribution in [0.1, 0.15) is 6.92 Å². The summed E-state index contributed by atoms with van der Waals surface area (Å²) in [6.45, 7) is 6.85. The lowest BCUT2D eigenvalue weighted by atomic mass is 10.3. The van der Waals surface area contributed by atoms with Crippen LogP contribution in [0.3, 0.4) is 0 Å². The van der Waals surface area contributed by atoms with Gasteiger partial charge in [-0.2, -0.15) is 0 Å². The molecule has 0 aromatic rings. The molecule has 82 valence electrons. The summed E-state index contributed by atoms with van der Waals surface area (Å²) in [4.78, 5) is 13.4. The molecule has 1 fully saturated rings. The number of nitrogens with one attached hydrogen (secondary N) is 2. The fourth-order valence-corrected chi connectivity index (χ4v) is 1.47. The average molecular weight is 200 g/mol. The minimum Gasteiger partial charge on any atom is -0.339 e. The Morgan fingerprint density at radius 1 is 1.21 bits per heavy atom. The zero-order valence-corrected chi connectivity index (χ0v) is 8.75. The van der Waals surface area contributed by atoms with Gasteiger partial charge in [0, 0.05) is 39.3 Å². The van der Waals surface area contributed by atoms with Crippen LogP contribution in [0.15, 0.2) is 0 Å². The first-order valence-electron chi connectivity index (χ1n) is 5.17. The van der Waals surface area contributed by atoms with E-state index in [1.807, 2.05) is 4.90 Å². The molecule has 0 saturated carbocycles. The number of carbonyl (C=O) groups excluding carboxylic acids is 1. The van der Waals surface area contributed by atoms with E-state index < -0.39 is 6.04 Å². The van der Waals surface area contributed by atoms with Gasteiger partial charge in [-0.3, -0.25) is 4.79 Å². The molecule has 1 atom stereocenters. The first-order valence-corrected chi connectivity index (χ1v) is 5.17. The monoisotopic (exact) mass is 200 g/mol. The van der Waals surface area contributed by atoms with Crippen molar-refractivity contribution in [1.29, 1.82) is 0 Å². The molecule has 1 amide bonds. The Kier molecular flexibility index (Phi) is 4.86. The van der Waals surface area contributed by atoms with Gasteiger partial charge in [0.05, 0.1) is 6.04 Å². The average Bonchev–Trinajstić information content (AvgIpc) is 2.29. The zero-order valence-electron chi connectivity index (χ0n) is 8.75. The van der Waals surface area contributed by atoms with E-state index in [0.29, 0.717) is 0 Å². The Hall–Kier alpha value is -0.650. The Morgan fingerprint density at radius 2 is 1.71 bits per heavy atom. The highest BCUT2D eigenvalue weighted by atomic mass is 16.2. The fraction of sp³-hybridized carbons (Fsp3) is 0.889. The SMILES string of the molecule is C[C@H](N)C(=O)N1CCNCCNCC1. The van der Waals surface area contributed by atoms with Crippen LogP contribution in [0.4, 0.5) is 0 Å². The number of nitrogens with zero attached hydrogens (tertiary/aromatic N) is 1. The summed E-state index contributed by atoms with van der Waals surface area (Å²) in [6, 6.07) is -0.393. The molecule has 1 heterocycles. The quantitative estimate of drug-likeness (QED) is 0.474. The van der Waals surface area contributed by atoms with Crippen LogP contribution in [0.5, 0.6) is 0 Å². The standard InChI is InChI=1S/C9H20N4O/c1-8(10)9(14)13-6-4-11-2-3-12-5-7-13/h8,11-12H,2-7,10H2,1H3/t8-/m0/s1. The van der Waals surface area contributed by atoms with E-state index >= 15 is 0 Å². The molecule has 5 nitrogen and oxygen atoms in total. The molecule has 1 aliphatic heterocycles. The van der Waals surface area contributed by atoms with Crippen molar-refractivity contribution >= 4 is 5.91 Å². The predicted molar refractivity (Wildman–Crippen MR) is 56.0 cm³/mol. The minimum atomic E-state index is -0.393. The summed E-state index contributed by atoms with van der Waals surface area (Å²) in [7, 11) is 0. The molecule has 4 N–H and O–H groups in total. The number of hydrogen-bond donors (Lipinski definition) is 3. The molecule has 0 spiro atoms. The molecular formula is C9H20N4O. The maximum atomic E-state index is 11.6. The van der Waals surface area contributed by atoms with E-state index in [2.05, 4.69) is 10.6 Å². The second-order valence-electron chi connectivity index (χ2n) is 3.61. The molecule has 0 aromatic carbocycles. The molecule has 0 aliphatic carbocycles. The van der Waals surface area contributed by atoms with Crippen molar-refractivity contribution in [2.24, 2.45) is 5.73 Å². The van der Waals surface area contributed by atoms with Crippen molar-refractivity contribution in [2.75, 3.05) is 39.3 Å². The van der Waals surface area contributed by atoms with Gasteiger partial charge in [0.25, 0.3) is 0 Å². The predicted octanol–water partition coefficient (Wildman–Crippen LogP) is -1.64. The third kappa shape index (κ3) is 3.61. The zero-order chi connectivity index (χ0) is 10.4. The van der Waals surface area contributed by atoms with Crippen molar-refractivity contribution in [3.05, 3.63) is 0 Å². The Balaban J connectivity index is 2.43. The topological polar surface area (TPSA) is 70.4 Å². The highest BCUT2D eigenvalue weighted by Crippen LogP contribution is 1.93. The van der Waals surface area contributed by atoms with Crippen LogP contribution < -0.4 is 16.4 Å². The van der Waals surface area contributed by atoms with Crippen molar-refractivity contribution in [3.63, 3.8) is 0 Å². The van der Waals surface area contributed by atoms with Crippen molar-refractivity contribution in [3.8, 4) is 0 Å². The number of rotatable bonds is 1. The molecule has 1 saturated heterocycles. The molecule has 0 radical (unpaired) electrons. The van der Waals surface area contributed by atoms with E-state index in [1.165, 1.54) is 0 Å². The van der Waals surface area contributed by atoms with Gasteiger partial charge in [0.1, 0.15) is 0 Å². The van der Waals surface area contributed by atoms with E-state index in [1.54, 1.807) is 6.92 Å². The van der Waals surface area contributed by atoms with Gasteiger partial charge >= 0.3 is 0 Å². The van der Waals surface area contributed by atoms with Gasteiger partial charge in [-0.15, -0.1) is 0 Å². The maximum Gasteiger partial charge on any atom is 0.239 e. The van der Waals surface area contributed by atoms with Crippen LogP contribution in [-0.4, -0.2) is 56.1 Å². The highest BCUT2D eigenvalue weighted by molar-refractivity contribution is 5.81. The maximum absolute atomic E-state index is 11.6. The van der Waals surface area contributed by atoms with Gasteiger partial charge in [-0.25, -0.2) is 0 Å². The number of nitrogens with two attached hydrogens (primary N) is 1. The van der Waals surface area contributed by atoms with E-state index in [0.717, 1.165) is 39.3 Å². The molecule has 0 bridgehead atoms. The first kappa shape index (κ1) is 11.4. The largest absolute Gasteiger partial charge is 0.339 e. The number of amides is 1. The van der Waals surface area contributed by atoms with E-state index in [4.69, 9.17) is 5.73 Å². The lowest BCUT2D eigenvalue weighted by Crippen LogP contribution is -2.46. The molecule has 14 heavy (non-hydrogen) atoms. The molecule has 0 aromatic heterocycles. The summed E-state index contributed by atoms with van der Waals surface area (Å²) in [5, 5.41) is 6.51. The smallest absolute Gasteiger partial charge is 0.239 e. The summed E-state index contributed by atoms with van der Waals surface area (Å²) in [5.41, 5.74) is 5.56. The third-order valence-corrected chi connectivity index (χ3v) is 2.30. The molecule has 5 heteroatoms. The third-order valence-electron chi connectivity index (χ3n) is 2.30. The summed E-state index contributed by atoms with van der Waals surface area (Å²) >= 11 is 0. The minimum absolute atomic E-state index is 0.0375.